The van der Waals surface area contributed by atoms with Crippen molar-refractivity contribution in [3.8, 4) is 0 Å². The summed E-state index contributed by atoms with van der Waals surface area (Å²) in [7, 11) is 0. The van der Waals surface area contributed by atoms with Crippen molar-refractivity contribution in [1.82, 2.24) is 21.3 Å². The highest BCUT2D eigenvalue weighted by atomic mass is 16.4. The highest BCUT2D eigenvalue weighted by Crippen LogP contribution is 2.05. The summed E-state index contributed by atoms with van der Waals surface area (Å²) in [6.45, 7) is 0.407. The van der Waals surface area contributed by atoms with Gasteiger partial charge in [0.25, 0.3) is 0 Å². The number of carbonyl (C=O) groups excluding carboxylic acids is 6. The number of primary amides is 2. The number of carboxylic acid groups (broad SMARTS) is 1. The molecule has 0 saturated heterocycles. The number of carboxylic acids is 1. The predicted molar refractivity (Wildman–Crippen MR) is 137 cm³/mol. The van der Waals surface area contributed by atoms with Crippen LogP contribution in [0.15, 0.2) is 0 Å². The minimum Gasteiger partial charge on any atom is -0.480 e. The Morgan fingerprint density at radius 3 is 1.75 bits per heavy atom. The van der Waals surface area contributed by atoms with Gasteiger partial charge in [0, 0.05) is 6.42 Å². The molecule has 0 aromatic carbocycles. The fourth-order valence-corrected chi connectivity index (χ4v) is 3.26. The molecule has 0 aliphatic heterocycles. The Balaban J connectivity index is 5.59. The zero-order chi connectivity index (χ0) is 31.0. The van der Waals surface area contributed by atoms with Crippen LogP contribution in [0.5, 0.6) is 0 Å². The summed E-state index contributed by atoms with van der Waals surface area (Å²) < 4.78 is 0. The fourth-order valence-electron chi connectivity index (χ4n) is 3.26. The monoisotopic (exact) mass is 576 g/mol. The molecule has 6 atom stereocenters. The molecule has 0 aromatic heterocycles. The number of amides is 6. The number of aliphatic hydroxyl groups excluding tert-OH is 2. The van der Waals surface area contributed by atoms with Gasteiger partial charge in [-0.25, -0.2) is 4.79 Å². The number of hydrogen-bond donors (Lipinski definition) is 11. The molecule has 0 aromatic rings. The van der Waals surface area contributed by atoms with Gasteiger partial charge in [-0.1, -0.05) is 0 Å². The molecule has 40 heavy (non-hydrogen) atoms. The first-order valence-electron chi connectivity index (χ1n) is 12.4. The largest absolute Gasteiger partial charge is 0.480 e. The van der Waals surface area contributed by atoms with E-state index >= 15 is 0 Å². The topological polar surface area (TPSA) is 332 Å². The number of aliphatic hydroxyl groups is 2. The zero-order valence-electron chi connectivity index (χ0n) is 22.1. The number of unbranched alkanes of at least 4 members (excludes halogenated alkanes) is 1. The molecule has 18 nitrogen and oxygen atoms in total. The maximum Gasteiger partial charge on any atom is 0.328 e. The van der Waals surface area contributed by atoms with Gasteiger partial charge in [-0.2, -0.15) is 0 Å². The molecule has 228 valence electrons. The summed E-state index contributed by atoms with van der Waals surface area (Å²) in [6.07, 6.45) is -1.62. The van der Waals surface area contributed by atoms with E-state index in [4.69, 9.17) is 28.0 Å². The van der Waals surface area contributed by atoms with E-state index in [2.05, 4.69) is 16.0 Å². The number of nitrogens with two attached hydrogens (primary N) is 4. The summed E-state index contributed by atoms with van der Waals surface area (Å²) in [5, 5.41) is 37.1. The van der Waals surface area contributed by atoms with Crippen LogP contribution in [0.4, 0.5) is 0 Å². The van der Waals surface area contributed by atoms with Crippen molar-refractivity contribution >= 4 is 41.4 Å². The molecule has 0 radical (unpaired) electrons. The van der Waals surface area contributed by atoms with Gasteiger partial charge in [-0.05, 0) is 39.2 Å². The Kier molecular flexibility index (Phi) is 16.6. The number of nitrogens with one attached hydrogen (secondary N) is 4. The number of hydrogen-bond acceptors (Lipinski definition) is 11. The van der Waals surface area contributed by atoms with Crippen molar-refractivity contribution < 1.29 is 48.9 Å². The van der Waals surface area contributed by atoms with Crippen molar-refractivity contribution in [2.75, 3.05) is 13.2 Å². The lowest BCUT2D eigenvalue weighted by molar-refractivity contribution is -0.145. The molecule has 18 heteroatoms. The average Bonchev–Trinajstić information content (AvgIpc) is 2.86. The smallest absolute Gasteiger partial charge is 0.328 e. The molecule has 0 bridgehead atoms. The van der Waals surface area contributed by atoms with Gasteiger partial charge < -0.3 is 59.5 Å². The Bertz CT molecular complexity index is 916. The first-order valence-corrected chi connectivity index (χ1v) is 12.4. The van der Waals surface area contributed by atoms with Crippen LogP contribution in [0.25, 0.3) is 0 Å². The Labute approximate surface area is 229 Å². The van der Waals surface area contributed by atoms with Gasteiger partial charge in [0.15, 0.2) is 6.04 Å². The summed E-state index contributed by atoms with van der Waals surface area (Å²) in [6, 6.07) is -7.58. The van der Waals surface area contributed by atoms with Crippen molar-refractivity contribution in [3.05, 3.63) is 0 Å². The van der Waals surface area contributed by atoms with Crippen LogP contribution in [-0.2, 0) is 33.6 Å². The third-order valence-electron chi connectivity index (χ3n) is 5.52. The zero-order valence-corrected chi connectivity index (χ0v) is 22.1. The lowest BCUT2D eigenvalue weighted by Gasteiger charge is -2.25. The fraction of sp³-hybridized carbons (Fsp3) is 0.682. The molecular formula is C22H40N8O10. The Hall–Kier alpha value is -3.87. The first kappa shape index (κ1) is 36.1. The Morgan fingerprint density at radius 1 is 0.750 bits per heavy atom. The standard InChI is InChI=1S/C22H40N8O10/c1-10(32)17(22(39)40)30-20(37)13(8-16(26)34)28-21(38)14(9-31)29-19(36)12(4-2-3-7-23)27-18(35)11(24)5-6-15(25)33/h10-14,17,31-32H,2-9,23-24H2,1H3,(H2,25,33)(H2,26,34)(H,27,35)(H,28,38)(H,29,36)(H,30,37)(H,39,40)/t10-,11+,12+,13+,14+,17+/m1/s1. The highest BCUT2D eigenvalue weighted by molar-refractivity contribution is 5.97. The van der Waals surface area contributed by atoms with Crippen molar-refractivity contribution in [2.45, 2.75) is 81.8 Å². The molecule has 0 saturated carbocycles. The van der Waals surface area contributed by atoms with E-state index in [-0.39, 0.29) is 19.3 Å². The summed E-state index contributed by atoms with van der Waals surface area (Å²) in [4.78, 5) is 84.3. The third-order valence-corrected chi connectivity index (χ3v) is 5.52. The van der Waals surface area contributed by atoms with Gasteiger partial charge in [0.1, 0.15) is 18.1 Å². The van der Waals surface area contributed by atoms with E-state index in [0.717, 1.165) is 6.92 Å². The van der Waals surface area contributed by atoms with E-state index in [1.54, 1.807) is 0 Å². The average molecular weight is 577 g/mol. The molecule has 6 amide bonds. The normalized spacial score (nSPS) is 15.3. The van der Waals surface area contributed by atoms with Crippen LogP contribution in [-0.4, -0.2) is 106 Å². The molecule has 0 aliphatic carbocycles. The first-order chi connectivity index (χ1) is 18.6. The maximum atomic E-state index is 12.9. The summed E-state index contributed by atoms with van der Waals surface area (Å²) >= 11 is 0. The van der Waals surface area contributed by atoms with Crippen LogP contribution < -0.4 is 44.2 Å². The molecule has 15 N–H and O–H groups in total. The molecule has 0 aliphatic rings. The number of rotatable bonds is 20. The van der Waals surface area contributed by atoms with Gasteiger partial charge in [0.2, 0.25) is 35.4 Å². The summed E-state index contributed by atoms with van der Waals surface area (Å²) in [5.41, 5.74) is 21.4. The Morgan fingerprint density at radius 2 is 1.27 bits per heavy atom. The quantitative estimate of drug-likeness (QED) is 0.0603. The second-order valence-corrected chi connectivity index (χ2v) is 9.00. The van der Waals surface area contributed by atoms with E-state index in [1.807, 2.05) is 5.32 Å². The van der Waals surface area contributed by atoms with Crippen molar-refractivity contribution in [1.29, 1.82) is 0 Å². The maximum absolute atomic E-state index is 12.9. The van der Waals surface area contributed by atoms with Gasteiger partial charge in [-0.15, -0.1) is 0 Å². The lowest BCUT2D eigenvalue weighted by Crippen LogP contribution is -2.60. The molecule has 0 rings (SSSR count). The SMILES string of the molecule is C[C@@H](O)[C@H](NC(=O)[C@H](CC(N)=O)NC(=O)[C@H](CO)NC(=O)[C@H](CCCCN)NC(=O)[C@@H](N)CCC(N)=O)C(=O)O. The van der Waals surface area contributed by atoms with Gasteiger partial charge in [0.05, 0.1) is 25.2 Å². The second kappa shape index (κ2) is 18.4. The number of aliphatic carboxylic acids is 1. The molecular weight excluding hydrogens is 536 g/mol. The number of carbonyl (C=O) groups is 7. The van der Waals surface area contributed by atoms with Crippen LogP contribution in [0.3, 0.4) is 0 Å². The second-order valence-electron chi connectivity index (χ2n) is 9.00. The van der Waals surface area contributed by atoms with Crippen LogP contribution in [0.1, 0.15) is 45.4 Å². The van der Waals surface area contributed by atoms with E-state index in [9.17, 15) is 43.8 Å². The van der Waals surface area contributed by atoms with Crippen molar-refractivity contribution in [3.63, 3.8) is 0 Å². The predicted octanol–water partition coefficient (Wildman–Crippen LogP) is -6.02. The molecule has 0 fully saturated rings. The van der Waals surface area contributed by atoms with Crippen LogP contribution in [0, 0.1) is 0 Å². The van der Waals surface area contributed by atoms with E-state index in [0.29, 0.717) is 19.4 Å². The lowest BCUT2D eigenvalue weighted by atomic mass is 10.1. The molecule has 0 unspecified atom stereocenters. The van der Waals surface area contributed by atoms with Crippen LogP contribution in [0.2, 0.25) is 0 Å². The minimum atomic E-state index is -1.78. The van der Waals surface area contributed by atoms with Crippen molar-refractivity contribution in [2.24, 2.45) is 22.9 Å². The highest BCUT2D eigenvalue weighted by Gasteiger charge is 2.33. The van der Waals surface area contributed by atoms with Gasteiger partial charge in [-0.3, -0.25) is 28.8 Å². The molecule has 0 heterocycles. The molecule has 0 spiro atoms. The van der Waals surface area contributed by atoms with E-state index in [1.165, 1.54) is 0 Å². The minimum absolute atomic E-state index is 0.0692. The summed E-state index contributed by atoms with van der Waals surface area (Å²) in [5.74, 6) is -7.33. The third kappa shape index (κ3) is 13.8. The van der Waals surface area contributed by atoms with Gasteiger partial charge >= 0.3 is 5.97 Å². The van der Waals surface area contributed by atoms with E-state index < -0.39 is 90.8 Å². The van der Waals surface area contributed by atoms with Crippen LogP contribution >= 0.6 is 0 Å².